The summed E-state index contributed by atoms with van der Waals surface area (Å²) in [6.45, 7) is 1.92. The van der Waals surface area contributed by atoms with E-state index < -0.39 is 35.5 Å². The van der Waals surface area contributed by atoms with Gasteiger partial charge in [-0.3, -0.25) is 14.5 Å². The molecule has 36 heavy (non-hydrogen) atoms. The van der Waals surface area contributed by atoms with E-state index in [1.165, 1.54) is 70.5 Å². The van der Waals surface area contributed by atoms with Crippen LogP contribution < -0.4 is 15.1 Å². The number of benzene rings is 3. The van der Waals surface area contributed by atoms with Crippen molar-refractivity contribution in [3.63, 3.8) is 0 Å². The average molecular weight is 510 g/mol. The van der Waals surface area contributed by atoms with Crippen LogP contribution >= 0.6 is 12.2 Å². The standard InChI is InChI=1S/C26H21F2N3O4S/c1-2-35-25(34)16-3-11-21(12-4-16)31-24(33)22(15-23(32)29-19-9-5-17(27)6-10-19)30(26(31)36)20-13-7-18(28)8-14-20/h3-14,22H,2,15H2,1H3,(H,29,32)/t22-/m1/s1. The molecular weight excluding hydrogens is 488 g/mol. The number of carbonyl (C=O) groups is 3. The zero-order valence-electron chi connectivity index (χ0n) is 19.1. The van der Waals surface area contributed by atoms with Crippen LogP contribution in [0.15, 0.2) is 72.8 Å². The first kappa shape index (κ1) is 24.9. The Kier molecular flexibility index (Phi) is 7.35. The predicted octanol–water partition coefficient (Wildman–Crippen LogP) is 4.68. The van der Waals surface area contributed by atoms with Crippen LogP contribution in [-0.4, -0.2) is 35.5 Å². The molecule has 1 aliphatic rings. The second-order valence-electron chi connectivity index (χ2n) is 7.84. The maximum absolute atomic E-state index is 13.6. The quantitative estimate of drug-likeness (QED) is 0.368. The molecule has 1 fully saturated rings. The minimum Gasteiger partial charge on any atom is -0.462 e. The molecule has 0 aromatic heterocycles. The molecule has 3 aromatic rings. The highest BCUT2D eigenvalue weighted by Crippen LogP contribution is 2.32. The smallest absolute Gasteiger partial charge is 0.338 e. The Bertz CT molecular complexity index is 1300. The Hall–Kier alpha value is -4.18. The van der Waals surface area contributed by atoms with Crippen LogP contribution in [0.25, 0.3) is 0 Å². The molecule has 0 unspecified atom stereocenters. The lowest BCUT2D eigenvalue weighted by atomic mass is 10.1. The van der Waals surface area contributed by atoms with E-state index in [9.17, 15) is 23.2 Å². The second-order valence-corrected chi connectivity index (χ2v) is 8.21. The van der Waals surface area contributed by atoms with Gasteiger partial charge in [0.05, 0.1) is 24.3 Å². The first-order valence-electron chi connectivity index (χ1n) is 11.0. The summed E-state index contributed by atoms with van der Waals surface area (Å²) < 4.78 is 31.7. The first-order chi connectivity index (χ1) is 17.3. The molecule has 3 aromatic carbocycles. The molecule has 2 amide bonds. The second kappa shape index (κ2) is 10.6. The molecule has 10 heteroatoms. The van der Waals surface area contributed by atoms with Crippen molar-refractivity contribution in [1.29, 1.82) is 0 Å². The summed E-state index contributed by atoms with van der Waals surface area (Å²) >= 11 is 5.61. The summed E-state index contributed by atoms with van der Waals surface area (Å²) in [5, 5.41) is 2.73. The van der Waals surface area contributed by atoms with Crippen molar-refractivity contribution >= 4 is 52.2 Å². The zero-order chi connectivity index (χ0) is 25.8. The number of halogens is 2. The van der Waals surface area contributed by atoms with Gasteiger partial charge in [0.25, 0.3) is 5.91 Å². The van der Waals surface area contributed by atoms with Crippen LogP contribution in [0.2, 0.25) is 0 Å². The predicted molar refractivity (Wildman–Crippen MR) is 135 cm³/mol. The lowest BCUT2D eigenvalue weighted by molar-refractivity contribution is -0.122. The Morgan fingerprint density at radius 1 is 0.917 bits per heavy atom. The third-order valence-electron chi connectivity index (χ3n) is 5.46. The monoisotopic (exact) mass is 509 g/mol. The third-order valence-corrected chi connectivity index (χ3v) is 5.84. The van der Waals surface area contributed by atoms with Gasteiger partial charge in [-0.05, 0) is 91.9 Å². The number of ether oxygens (including phenoxy) is 1. The Morgan fingerprint density at radius 3 is 2.06 bits per heavy atom. The van der Waals surface area contributed by atoms with Gasteiger partial charge < -0.3 is 15.0 Å². The van der Waals surface area contributed by atoms with E-state index in [4.69, 9.17) is 17.0 Å². The van der Waals surface area contributed by atoms with Gasteiger partial charge in [0.2, 0.25) is 5.91 Å². The number of thiocarbonyl (C=S) groups is 1. The molecule has 184 valence electrons. The van der Waals surface area contributed by atoms with E-state index in [1.54, 1.807) is 19.1 Å². The van der Waals surface area contributed by atoms with E-state index in [0.717, 1.165) is 0 Å². The average Bonchev–Trinajstić information content (AvgIpc) is 3.10. The molecule has 1 heterocycles. The first-order valence-corrected chi connectivity index (χ1v) is 11.4. The SMILES string of the molecule is CCOC(=O)c1ccc(N2C(=O)[C@@H](CC(=O)Nc3ccc(F)cc3)N(c3ccc(F)cc3)C2=S)cc1. The molecular formula is C26H21F2N3O4S. The summed E-state index contributed by atoms with van der Waals surface area (Å²) in [5.74, 6) is -2.37. The van der Waals surface area contributed by atoms with Crippen molar-refractivity contribution in [2.24, 2.45) is 0 Å². The number of rotatable bonds is 7. The Morgan fingerprint density at radius 2 is 1.47 bits per heavy atom. The maximum atomic E-state index is 13.6. The van der Waals surface area contributed by atoms with Gasteiger partial charge in [0, 0.05) is 11.4 Å². The van der Waals surface area contributed by atoms with Crippen molar-refractivity contribution in [1.82, 2.24) is 0 Å². The van der Waals surface area contributed by atoms with Crippen molar-refractivity contribution in [2.75, 3.05) is 21.7 Å². The van der Waals surface area contributed by atoms with Gasteiger partial charge in [-0.2, -0.15) is 0 Å². The van der Waals surface area contributed by atoms with Crippen LogP contribution in [0.3, 0.4) is 0 Å². The molecule has 7 nitrogen and oxygen atoms in total. The highest BCUT2D eigenvalue weighted by atomic mass is 32.1. The summed E-state index contributed by atoms with van der Waals surface area (Å²) in [6.07, 6.45) is -0.273. The summed E-state index contributed by atoms with van der Waals surface area (Å²) in [5.41, 5.74) is 1.50. The van der Waals surface area contributed by atoms with Crippen LogP contribution in [0, 0.1) is 11.6 Å². The lowest BCUT2D eigenvalue weighted by Crippen LogP contribution is -2.38. The van der Waals surface area contributed by atoms with E-state index >= 15 is 0 Å². The Balaban J connectivity index is 1.62. The van der Waals surface area contributed by atoms with Gasteiger partial charge in [0.15, 0.2) is 5.11 Å². The largest absolute Gasteiger partial charge is 0.462 e. The van der Waals surface area contributed by atoms with Gasteiger partial charge in [-0.25, -0.2) is 13.6 Å². The minimum absolute atomic E-state index is 0.0927. The van der Waals surface area contributed by atoms with Crippen molar-refractivity contribution in [3.05, 3.63) is 90.0 Å². The van der Waals surface area contributed by atoms with E-state index in [0.29, 0.717) is 22.6 Å². The van der Waals surface area contributed by atoms with Crippen LogP contribution in [0.4, 0.5) is 25.8 Å². The molecule has 1 N–H and O–H groups in total. The van der Waals surface area contributed by atoms with Crippen molar-refractivity contribution < 1.29 is 27.9 Å². The fraction of sp³-hybridized carbons (Fsp3) is 0.154. The van der Waals surface area contributed by atoms with E-state index in [1.807, 2.05) is 0 Å². The fourth-order valence-electron chi connectivity index (χ4n) is 3.78. The summed E-state index contributed by atoms with van der Waals surface area (Å²) in [6, 6.07) is 15.7. The molecule has 0 aliphatic carbocycles. The number of hydrogen-bond donors (Lipinski definition) is 1. The fourth-order valence-corrected chi connectivity index (χ4v) is 4.21. The molecule has 1 atom stereocenters. The topological polar surface area (TPSA) is 78.9 Å². The van der Waals surface area contributed by atoms with Gasteiger partial charge in [-0.1, -0.05) is 0 Å². The maximum Gasteiger partial charge on any atom is 0.338 e. The Labute approximate surface area is 211 Å². The number of esters is 1. The third kappa shape index (κ3) is 5.23. The number of nitrogens with one attached hydrogen (secondary N) is 1. The van der Waals surface area contributed by atoms with Crippen molar-refractivity contribution in [2.45, 2.75) is 19.4 Å². The van der Waals surface area contributed by atoms with Crippen LogP contribution in [0.5, 0.6) is 0 Å². The molecule has 4 rings (SSSR count). The normalized spacial score (nSPS) is 15.2. The minimum atomic E-state index is -1.02. The van der Waals surface area contributed by atoms with E-state index in [2.05, 4.69) is 5.32 Å². The van der Waals surface area contributed by atoms with Gasteiger partial charge in [-0.15, -0.1) is 0 Å². The number of carbonyl (C=O) groups excluding carboxylic acids is 3. The van der Waals surface area contributed by atoms with Crippen molar-refractivity contribution in [3.8, 4) is 0 Å². The highest BCUT2D eigenvalue weighted by Gasteiger charge is 2.45. The van der Waals surface area contributed by atoms with Crippen LogP contribution in [-0.2, 0) is 14.3 Å². The number of anilines is 3. The van der Waals surface area contributed by atoms with Gasteiger partial charge in [0.1, 0.15) is 17.7 Å². The number of nitrogens with zero attached hydrogens (tertiary/aromatic N) is 2. The lowest BCUT2D eigenvalue weighted by Gasteiger charge is -2.24. The zero-order valence-corrected chi connectivity index (χ0v) is 19.9. The molecule has 0 radical (unpaired) electrons. The molecule has 1 saturated heterocycles. The molecule has 0 bridgehead atoms. The number of amides is 2. The summed E-state index contributed by atoms with van der Waals surface area (Å²) in [4.78, 5) is 41.1. The molecule has 0 saturated carbocycles. The summed E-state index contributed by atoms with van der Waals surface area (Å²) in [7, 11) is 0. The number of hydrogen-bond acceptors (Lipinski definition) is 5. The molecule has 0 spiro atoms. The van der Waals surface area contributed by atoms with Gasteiger partial charge >= 0.3 is 5.97 Å². The van der Waals surface area contributed by atoms with Crippen LogP contribution in [0.1, 0.15) is 23.7 Å². The molecule has 1 aliphatic heterocycles. The highest BCUT2D eigenvalue weighted by molar-refractivity contribution is 7.81. The van der Waals surface area contributed by atoms with E-state index in [-0.39, 0.29) is 18.1 Å².